The van der Waals surface area contributed by atoms with Crippen LogP contribution in [0.15, 0.2) is 16.2 Å². The number of nitrogens with one attached hydrogen (secondary N) is 1. The highest BCUT2D eigenvalue weighted by atomic mass is 32.2. The first-order valence-electron chi connectivity index (χ1n) is 3.57. The summed E-state index contributed by atoms with van der Waals surface area (Å²) < 4.78 is 2.53. The Morgan fingerprint density at radius 3 is 3.14 bits per heavy atom. The summed E-state index contributed by atoms with van der Waals surface area (Å²) in [6, 6.07) is -0.844. The maximum Gasteiger partial charge on any atom is 0.327 e. The molecular weight excluding hydrogens is 226 g/mol. The number of carboxylic acids is 1. The molecule has 0 aliphatic rings. The van der Waals surface area contributed by atoms with Gasteiger partial charge in [0, 0.05) is 33.9 Å². The van der Waals surface area contributed by atoms with Gasteiger partial charge in [-0.15, -0.1) is 16.2 Å². The quantitative estimate of drug-likeness (QED) is 0.570. The molecule has 8 heteroatoms. The van der Waals surface area contributed by atoms with Gasteiger partial charge in [0.05, 0.1) is 0 Å². The van der Waals surface area contributed by atoms with E-state index in [4.69, 9.17) is 5.11 Å². The minimum absolute atomic E-state index is 0.0818. The van der Waals surface area contributed by atoms with E-state index in [1.54, 1.807) is 11.6 Å². The third kappa shape index (κ3) is 3.30. The molecule has 0 aliphatic carbocycles. The van der Waals surface area contributed by atoms with E-state index in [1.807, 2.05) is 0 Å². The third-order valence-corrected chi connectivity index (χ3v) is 2.61. The number of carboxylic acid groups (broad SMARTS) is 1. The molecule has 0 aromatic carbocycles. The molecular formula is C6H7N3O3S2. The van der Waals surface area contributed by atoms with Crippen LogP contribution in [0.4, 0.5) is 5.13 Å². The monoisotopic (exact) mass is 233 g/mol. The van der Waals surface area contributed by atoms with E-state index in [-0.39, 0.29) is 5.75 Å². The molecule has 1 aromatic rings. The first kappa shape index (κ1) is 10.9. The van der Waals surface area contributed by atoms with Crippen molar-refractivity contribution in [1.82, 2.24) is 4.98 Å². The van der Waals surface area contributed by atoms with Crippen molar-refractivity contribution >= 4 is 34.4 Å². The van der Waals surface area contributed by atoms with Gasteiger partial charge in [0.25, 0.3) is 0 Å². The highest BCUT2D eigenvalue weighted by molar-refractivity contribution is 7.97. The van der Waals surface area contributed by atoms with Crippen LogP contribution in [0.1, 0.15) is 0 Å². The Morgan fingerprint density at radius 2 is 2.64 bits per heavy atom. The van der Waals surface area contributed by atoms with E-state index >= 15 is 0 Å². The van der Waals surface area contributed by atoms with Gasteiger partial charge in [-0.2, -0.15) is 0 Å². The van der Waals surface area contributed by atoms with Crippen LogP contribution in [0.25, 0.3) is 0 Å². The van der Waals surface area contributed by atoms with Gasteiger partial charge < -0.3 is 10.4 Å². The van der Waals surface area contributed by atoms with Crippen LogP contribution < -0.4 is 5.32 Å². The molecule has 0 spiro atoms. The van der Waals surface area contributed by atoms with E-state index in [9.17, 15) is 9.70 Å². The molecule has 0 amide bonds. The molecule has 0 saturated heterocycles. The zero-order chi connectivity index (χ0) is 10.4. The highest BCUT2D eigenvalue weighted by Gasteiger charge is 2.18. The largest absolute Gasteiger partial charge is 0.480 e. The fourth-order valence-corrected chi connectivity index (χ4v) is 1.74. The van der Waals surface area contributed by atoms with Gasteiger partial charge in [0.1, 0.15) is 6.04 Å². The second-order valence-corrected chi connectivity index (χ2v) is 3.88. The lowest BCUT2D eigenvalue weighted by Crippen LogP contribution is -2.31. The average Bonchev–Trinajstić information content (AvgIpc) is 2.64. The fraction of sp³-hybridized carbons (Fsp3) is 0.333. The average molecular weight is 233 g/mol. The summed E-state index contributed by atoms with van der Waals surface area (Å²) in [7, 11) is 0. The Balaban J connectivity index is 2.51. The summed E-state index contributed by atoms with van der Waals surface area (Å²) in [4.78, 5) is 24.4. The van der Waals surface area contributed by atoms with E-state index in [0.717, 1.165) is 0 Å². The molecule has 6 nitrogen and oxygen atoms in total. The maximum absolute atomic E-state index is 10.7. The number of anilines is 1. The summed E-state index contributed by atoms with van der Waals surface area (Å²) in [5, 5.41) is 13.7. The van der Waals surface area contributed by atoms with Crippen molar-refractivity contribution in [3.63, 3.8) is 0 Å². The predicted octanol–water partition coefficient (Wildman–Crippen LogP) is 1.42. The van der Waals surface area contributed by atoms with Crippen LogP contribution in [0.2, 0.25) is 0 Å². The maximum atomic E-state index is 10.7. The second-order valence-electron chi connectivity index (χ2n) is 2.24. The molecule has 76 valence electrons. The Morgan fingerprint density at radius 1 is 1.86 bits per heavy atom. The van der Waals surface area contributed by atoms with Crippen molar-refractivity contribution in [2.45, 2.75) is 6.04 Å². The molecule has 0 bridgehead atoms. The van der Waals surface area contributed by atoms with Crippen molar-refractivity contribution in [3.05, 3.63) is 16.5 Å². The van der Waals surface area contributed by atoms with Gasteiger partial charge in [-0.3, -0.25) is 0 Å². The molecule has 0 fully saturated rings. The summed E-state index contributed by atoms with van der Waals surface area (Å²) in [6.07, 6.45) is 1.57. The van der Waals surface area contributed by atoms with Gasteiger partial charge in [-0.05, 0) is 0 Å². The van der Waals surface area contributed by atoms with E-state index < -0.39 is 12.0 Å². The summed E-state index contributed by atoms with van der Waals surface area (Å²) in [5.41, 5.74) is 0. The zero-order valence-electron chi connectivity index (χ0n) is 6.91. The number of thiazole rings is 1. The van der Waals surface area contributed by atoms with Crippen LogP contribution in [0.5, 0.6) is 0 Å². The molecule has 0 unspecified atom stereocenters. The van der Waals surface area contributed by atoms with E-state index in [1.165, 1.54) is 11.3 Å². The van der Waals surface area contributed by atoms with Crippen LogP contribution in [-0.4, -0.2) is 27.9 Å². The molecule has 1 heterocycles. The molecule has 0 saturated carbocycles. The summed E-state index contributed by atoms with van der Waals surface area (Å²) >= 11 is 1.97. The molecule has 2 N–H and O–H groups in total. The van der Waals surface area contributed by atoms with Crippen molar-refractivity contribution in [2.75, 3.05) is 11.1 Å². The Labute approximate surface area is 87.8 Å². The van der Waals surface area contributed by atoms with E-state index in [0.29, 0.717) is 17.1 Å². The predicted molar refractivity (Wildman–Crippen MR) is 55.4 cm³/mol. The summed E-state index contributed by atoms with van der Waals surface area (Å²) in [5.74, 6) is -0.949. The Hall–Kier alpha value is -1.15. The van der Waals surface area contributed by atoms with Crippen LogP contribution >= 0.6 is 23.3 Å². The van der Waals surface area contributed by atoms with Crippen LogP contribution in [0, 0.1) is 4.91 Å². The normalized spacial score (nSPS) is 12.0. The number of hydrogen-bond acceptors (Lipinski definition) is 7. The van der Waals surface area contributed by atoms with Gasteiger partial charge in [0.15, 0.2) is 5.13 Å². The van der Waals surface area contributed by atoms with Crippen molar-refractivity contribution in [2.24, 2.45) is 4.58 Å². The van der Waals surface area contributed by atoms with Crippen molar-refractivity contribution in [1.29, 1.82) is 0 Å². The number of aromatic nitrogens is 1. The molecule has 1 rings (SSSR count). The number of nitroso groups, excluding NO2 is 1. The molecule has 1 aromatic heterocycles. The molecule has 1 atom stereocenters. The molecule has 0 radical (unpaired) electrons. The van der Waals surface area contributed by atoms with Gasteiger partial charge in [-0.25, -0.2) is 9.78 Å². The Bertz CT molecular complexity index is 303. The lowest BCUT2D eigenvalue weighted by molar-refractivity contribution is -0.137. The molecule has 14 heavy (non-hydrogen) atoms. The van der Waals surface area contributed by atoms with Gasteiger partial charge in [0.2, 0.25) is 0 Å². The highest BCUT2D eigenvalue weighted by Crippen LogP contribution is 2.14. The SMILES string of the molecule is O=NSC[C@H](Nc1nccs1)C(=O)O. The van der Waals surface area contributed by atoms with Crippen LogP contribution in [0.3, 0.4) is 0 Å². The number of carbonyl (C=O) groups is 1. The third-order valence-electron chi connectivity index (χ3n) is 1.32. The number of nitrogens with zero attached hydrogens (tertiary/aromatic N) is 2. The first-order chi connectivity index (χ1) is 6.74. The van der Waals surface area contributed by atoms with Crippen molar-refractivity contribution in [3.8, 4) is 0 Å². The second kappa shape index (κ2) is 5.55. The minimum atomic E-state index is -1.03. The number of hydrogen-bond donors (Lipinski definition) is 2. The summed E-state index contributed by atoms with van der Waals surface area (Å²) in [6.45, 7) is 0. The van der Waals surface area contributed by atoms with E-state index in [2.05, 4.69) is 14.9 Å². The topological polar surface area (TPSA) is 91.7 Å². The standard InChI is InChI=1S/C6H7N3O3S2/c10-5(11)4(3-14-9-12)8-6-7-1-2-13-6/h1-2,4H,3H2,(H,7,8)(H,10,11)/t4-/m0/s1. The van der Waals surface area contributed by atoms with Crippen molar-refractivity contribution < 1.29 is 9.90 Å². The fourth-order valence-electron chi connectivity index (χ4n) is 0.723. The Kier molecular flexibility index (Phi) is 4.33. The smallest absolute Gasteiger partial charge is 0.327 e. The minimum Gasteiger partial charge on any atom is -0.480 e. The number of rotatable bonds is 6. The zero-order valence-corrected chi connectivity index (χ0v) is 8.55. The number of aliphatic carboxylic acids is 1. The van der Waals surface area contributed by atoms with Gasteiger partial charge in [-0.1, -0.05) is 0 Å². The lowest BCUT2D eigenvalue weighted by atomic mass is 10.3. The van der Waals surface area contributed by atoms with Gasteiger partial charge >= 0.3 is 5.97 Å². The lowest BCUT2D eigenvalue weighted by Gasteiger charge is -2.10. The first-order valence-corrected chi connectivity index (χ1v) is 5.39. The van der Waals surface area contributed by atoms with Crippen LogP contribution in [-0.2, 0) is 4.79 Å². The molecule has 0 aliphatic heterocycles.